The second kappa shape index (κ2) is 8.96. The monoisotopic (exact) mass is 490 g/mol. The quantitative estimate of drug-likeness (QED) is 0.447. The van der Waals surface area contributed by atoms with Crippen molar-refractivity contribution in [1.29, 1.82) is 0 Å². The maximum absolute atomic E-state index is 13.6. The van der Waals surface area contributed by atoms with Crippen molar-refractivity contribution in [3.05, 3.63) is 74.8 Å². The normalized spacial score (nSPS) is 17.5. The van der Waals surface area contributed by atoms with Gasteiger partial charge in [0.1, 0.15) is 0 Å². The molecular weight excluding hydrogens is 472 g/mol. The Hall–Kier alpha value is -1.83. The standard InChI is InChI=1S/C22H19Cl2F3O3S/c1-13-6-14(2-4-19(13)21(28)7-15-11-31(29,30)12-15)3-5-20(22(25,26)27)16-8-17(23)10-18(24)9-16/h2-6,8-10,15,20H,7,11-12H2,1H3/b5-3+. The van der Waals surface area contributed by atoms with E-state index < -0.39 is 21.9 Å². The van der Waals surface area contributed by atoms with Crippen LogP contribution in [0.15, 0.2) is 42.5 Å². The number of halogens is 5. The van der Waals surface area contributed by atoms with E-state index in [1.807, 2.05) is 0 Å². The molecule has 31 heavy (non-hydrogen) atoms. The minimum atomic E-state index is -4.54. The number of Topliss-reactive ketones (excluding diaryl/α,β-unsaturated/α-hetero) is 1. The molecule has 2 aromatic carbocycles. The highest BCUT2D eigenvalue weighted by molar-refractivity contribution is 7.92. The topological polar surface area (TPSA) is 51.2 Å². The van der Waals surface area contributed by atoms with Gasteiger partial charge in [0.05, 0.1) is 17.4 Å². The molecule has 1 aliphatic rings. The first-order chi connectivity index (χ1) is 14.3. The van der Waals surface area contributed by atoms with E-state index in [2.05, 4.69) is 0 Å². The SMILES string of the molecule is Cc1cc(/C=C/C(c2cc(Cl)cc(Cl)c2)C(F)(F)F)ccc1C(=O)CC1CS(=O)(=O)C1. The number of ketones is 1. The van der Waals surface area contributed by atoms with Crippen LogP contribution in [0, 0.1) is 12.8 Å². The Kier molecular flexibility index (Phi) is 6.89. The largest absolute Gasteiger partial charge is 0.399 e. The summed E-state index contributed by atoms with van der Waals surface area (Å²) < 4.78 is 63.3. The Labute approximate surface area is 188 Å². The minimum absolute atomic E-state index is 0.0188. The highest BCUT2D eigenvalue weighted by Crippen LogP contribution is 2.38. The Morgan fingerprint density at radius 3 is 2.26 bits per heavy atom. The van der Waals surface area contributed by atoms with Crippen molar-refractivity contribution >= 4 is 44.9 Å². The van der Waals surface area contributed by atoms with Crippen LogP contribution in [0.5, 0.6) is 0 Å². The average Bonchev–Trinajstić information content (AvgIpc) is 2.58. The van der Waals surface area contributed by atoms with Crippen molar-refractivity contribution < 1.29 is 26.4 Å². The molecule has 1 fully saturated rings. The van der Waals surface area contributed by atoms with Gasteiger partial charge in [-0.25, -0.2) is 8.42 Å². The van der Waals surface area contributed by atoms with E-state index in [0.717, 1.165) is 6.08 Å². The number of hydrogen-bond donors (Lipinski definition) is 0. The third-order valence-corrected chi connectivity index (χ3v) is 7.48. The maximum Gasteiger partial charge on any atom is 0.399 e. The summed E-state index contributed by atoms with van der Waals surface area (Å²) in [5.74, 6) is -2.20. The number of carbonyl (C=O) groups is 1. The predicted octanol–water partition coefficient (Wildman–Crippen LogP) is 6.28. The first-order valence-electron chi connectivity index (χ1n) is 9.39. The number of alkyl halides is 3. The lowest BCUT2D eigenvalue weighted by Crippen LogP contribution is -2.37. The van der Waals surface area contributed by atoms with Crippen LogP contribution in [0.1, 0.15) is 39.4 Å². The molecule has 1 unspecified atom stereocenters. The number of rotatable bonds is 6. The lowest BCUT2D eigenvalue weighted by Gasteiger charge is -2.25. The molecule has 1 heterocycles. The number of benzene rings is 2. The molecule has 3 nitrogen and oxygen atoms in total. The number of carbonyl (C=O) groups excluding carboxylic acids is 1. The van der Waals surface area contributed by atoms with Crippen LogP contribution in [-0.2, 0) is 9.84 Å². The molecule has 0 N–H and O–H groups in total. The van der Waals surface area contributed by atoms with Crippen molar-refractivity contribution in [3.8, 4) is 0 Å². The van der Waals surface area contributed by atoms with E-state index in [4.69, 9.17) is 23.2 Å². The second-order valence-corrected chi connectivity index (χ2v) is 10.8. The summed E-state index contributed by atoms with van der Waals surface area (Å²) in [7, 11) is -3.00. The molecule has 0 aliphatic carbocycles. The lowest BCUT2D eigenvalue weighted by atomic mass is 9.94. The van der Waals surface area contributed by atoms with Gasteiger partial charge in [0.2, 0.25) is 0 Å². The summed E-state index contributed by atoms with van der Waals surface area (Å²) in [6.07, 6.45) is -2.04. The molecule has 1 saturated heterocycles. The summed E-state index contributed by atoms with van der Waals surface area (Å²) >= 11 is 11.7. The van der Waals surface area contributed by atoms with Crippen molar-refractivity contribution in [2.24, 2.45) is 5.92 Å². The molecule has 0 amide bonds. The van der Waals surface area contributed by atoms with Crippen LogP contribution >= 0.6 is 23.2 Å². The van der Waals surface area contributed by atoms with Crippen molar-refractivity contribution in [2.45, 2.75) is 25.4 Å². The molecule has 1 atom stereocenters. The third-order valence-electron chi connectivity index (χ3n) is 5.08. The van der Waals surface area contributed by atoms with Gasteiger partial charge in [-0.05, 0) is 47.7 Å². The van der Waals surface area contributed by atoms with Gasteiger partial charge in [-0.3, -0.25) is 4.79 Å². The molecule has 0 spiro atoms. The fourth-order valence-electron chi connectivity index (χ4n) is 3.63. The van der Waals surface area contributed by atoms with E-state index in [1.165, 1.54) is 24.3 Å². The third kappa shape index (κ3) is 6.11. The van der Waals surface area contributed by atoms with E-state index in [-0.39, 0.29) is 45.2 Å². The van der Waals surface area contributed by atoms with Gasteiger partial charge in [0.25, 0.3) is 0 Å². The highest BCUT2D eigenvalue weighted by atomic mass is 35.5. The number of aryl methyl sites for hydroxylation is 1. The Morgan fingerprint density at radius 2 is 1.74 bits per heavy atom. The average molecular weight is 491 g/mol. The lowest BCUT2D eigenvalue weighted by molar-refractivity contribution is -0.139. The molecule has 0 bridgehead atoms. The summed E-state index contributed by atoms with van der Waals surface area (Å²) in [4.78, 5) is 12.5. The van der Waals surface area contributed by atoms with Crippen LogP contribution in [0.2, 0.25) is 10.0 Å². The van der Waals surface area contributed by atoms with Crippen LogP contribution in [0.25, 0.3) is 6.08 Å². The Bertz CT molecular complexity index is 1110. The summed E-state index contributed by atoms with van der Waals surface area (Å²) in [6.45, 7) is 1.69. The van der Waals surface area contributed by atoms with Crippen LogP contribution < -0.4 is 0 Å². The maximum atomic E-state index is 13.6. The highest BCUT2D eigenvalue weighted by Gasteiger charge is 2.39. The minimum Gasteiger partial charge on any atom is -0.294 e. The van der Waals surface area contributed by atoms with Crippen molar-refractivity contribution in [3.63, 3.8) is 0 Å². The molecule has 0 radical (unpaired) electrons. The van der Waals surface area contributed by atoms with Gasteiger partial charge in [0, 0.05) is 22.0 Å². The molecule has 0 saturated carbocycles. The van der Waals surface area contributed by atoms with Crippen LogP contribution in [-0.4, -0.2) is 31.9 Å². The van der Waals surface area contributed by atoms with Crippen LogP contribution in [0.4, 0.5) is 13.2 Å². The predicted molar refractivity (Wildman–Crippen MR) is 117 cm³/mol. The first-order valence-corrected chi connectivity index (χ1v) is 12.0. The van der Waals surface area contributed by atoms with Gasteiger partial charge in [-0.15, -0.1) is 0 Å². The first kappa shape index (κ1) is 23.8. The van der Waals surface area contributed by atoms with E-state index in [1.54, 1.807) is 25.1 Å². The molecule has 3 rings (SSSR count). The van der Waals surface area contributed by atoms with Gasteiger partial charge in [-0.2, -0.15) is 13.2 Å². The number of sulfone groups is 1. The smallest absolute Gasteiger partial charge is 0.294 e. The van der Waals surface area contributed by atoms with E-state index in [9.17, 15) is 26.4 Å². The zero-order valence-corrected chi connectivity index (χ0v) is 18.7. The number of allylic oxidation sites excluding steroid dienone is 1. The Morgan fingerprint density at radius 1 is 1.13 bits per heavy atom. The van der Waals surface area contributed by atoms with Crippen molar-refractivity contribution in [2.75, 3.05) is 11.5 Å². The van der Waals surface area contributed by atoms with Gasteiger partial charge in [0.15, 0.2) is 15.6 Å². The summed E-state index contributed by atoms with van der Waals surface area (Å²) in [5.41, 5.74) is 1.49. The molecular formula is C22H19Cl2F3O3S. The van der Waals surface area contributed by atoms with Gasteiger partial charge >= 0.3 is 6.18 Å². The fourth-order valence-corrected chi connectivity index (χ4v) is 5.75. The number of hydrogen-bond acceptors (Lipinski definition) is 3. The summed E-state index contributed by atoms with van der Waals surface area (Å²) in [6, 6.07) is 8.56. The van der Waals surface area contributed by atoms with E-state index in [0.29, 0.717) is 16.7 Å². The molecule has 166 valence electrons. The van der Waals surface area contributed by atoms with Crippen molar-refractivity contribution in [1.82, 2.24) is 0 Å². The molecule has 0 aromatic heterocycles. The zero-order valence-electron chi connectivity index (χ0n) is 16.4. The molecule has 9 heteroatoms. The van der Waals surface area contributed by atoms with Crippen LogP contribution in [0.3, 0.4) is 0 Å². The molecule has 1 aliphatic heterocycles. The van der Waals surface area contributed by atoms with E-state index >= 15 is 0 Å². The summed E-state index contributed by atoms with van der Waals surface area (Å²) in [5, 5.41) is 0.228. The fraction of sp³-hybridized carbons (Fsp3) is 0.318. The van der Waals surface area contributed by atoms with Gasteiger partial charge < -0.3 is 0 Å². The zero-order chi connectivity index (χ0) is 23.0. The molecule has 2 aromatic rings. The Balaban J connectivity index is 1.79. The second-order valence-electron chi connectivity index (χ2n) is 7.73. The van der Waals surface area contributed by atoms with Gasteiger partial charge in [-0.1, -0.05) is 53.6 Å².